The van der Waals surface area contributed by atoms with Crippen LogP contribution in [-0.2, 0) is 11.3 Å². The predicted molar refractivity (Wildman–Crippen MR) is 113 cm³/mol. The molecule has 158 valence electrons. The number of amides is 1. The molecule has 0 spiro atoms. The zero-order valence-corrected chi connectivity index (χ0v) is 18.2. The molecule has 3 rings (SSSR count). The maximum absolute atomic E-state index is 12.6. The topological polar surface area (TPSA) is 67.6 Å². The van der Waals surface area contributed by atoms with Crippen LogP contribution in [-0.4, -0.2) is 51.0 Å². The summed E-state index contributed by atoms with van der Waals surface area (Å²) in [6.45, 7) is 7.85. The van der Waals surface area contributed by atoms with Crippen molar-refractivity contribution in [1.82, 2.24) is 14.7 Å². The molecule has 0 aliphatic carbocycles. The number of hydrogen-bond acceptors (Lipinski definition) is 4. The van der Waals surface area contributed by atoms with Crippen molar-refractivity contribution in [3.8, 4) is 5.75 Å². The predicted octanol–water partition coefficient (Wildman–Crippen LogP) is 3.67. The van der Waals surface area contributed by atoms with Crippen LogP contribution in [0.15, 0.2) is 24.4 Å². The zero-order chi connectivity index (χ0) is 21.0. The number of aliphatic hydroxyl groups is 1. The van der Waals surface area contributed by atoms with Crippen molar-refractivity contribution in [2.75, 3.05) is 19.7 Å². The standard InChI is InChI=1S/C22H30ClN3O3/c1-16-13-19(14-17(2)21(16)23)29-15-22(28)7-4-10-25(12-8-22)20(27)6-11-26-18(3)5-9-24-26/h5,9,13-14,28H,4,6-8,10-12,15H2,1-3H3. The fourth-order valence-electron chi connectivity index (χ4n) is 3.77. The number of ether oxygens (including phenoxy) is 1. The second kappa shape index (κ2) is 9.18. The summed E-state index contributed by atoms with van der Waals surface area (Å²) in [5, 5.41) is 16.0. The quantitative estimate of drug-likeness (QED) is 0.775. The van der Waals surface area contributed by atoms with Gasteiger partial charge in [-0.25, -0.2) is 0 Å². The average molecular weight is 420 g/mol. The zero-order valence-electron chi connectivity index (χ0n) is 17.4. The molecule has 1 N–H and O–H groups in total. The summed E-state index contributed by atoms with van der Waals surface area (Å²) in [5.41, 5.74) is 2.03. The minimum atomic E-state index is -0.935. The van der Waals surface area contributed by atoms with Gasteiger partial charge < -0.3 is 14.7 Å². The van der Waals surface area contributed by atoms with E-state index in [9.17, 15) is 9.90 Å². The van der Waals surface area contributed by atoms with Gasteiger partial charge in [-0.05, 0) is 69.4 Å². The first-order valence-electron chi connectivity index (χ1n) is 10.2. The van der Waals surface area contributed by atoms with Crippen LogP contribution < -0.4 is 4.74 Å². The Morgan fingerprint density at radius 2 is 1.97 bits per heavy atom. The van der Waals surface area contributed by atoms with Crippen LogP contribution in [0.3, 0.4) is 0 Å². The Balaban J connectivity index is 1.52. The monoisotopic (exact) mass is 419 g/mol. The number of likely N-dealkylation sites (tertiary alicyclic amines) is 1. The Labute approximate surface area is 177 Å². The Morgan fingerprint density at radius 3 is 2.62 bits per heavy atom. The van der Waals surface area contributed by atoms with Crippen molar-refractivity contribution < 1.29 is 14.6 Å². The molecule has 2 heterocycles. The van der Waals surface area contributed by atoms with E-state index in [0.717, 1.165) is 28.3 Å². The molecule has 1 aliphatic rings. The Morgan fingerprint density at radius 1 is 1.24 bits per heavy atom. The van der Waals surface area contributed by atoms with E-state index < -0.39 is 5.60 Å². The summed E-state index contributed by atoms with van der Waals surface area (Å²) in [6, 6.07) is 5.71. The molecule has 1 amide bonds. The lowest BCUT2D eigenvalue weighted by molar-refractivity contribution is -0.131. The number of aromatic nitrogens is 2. The molecule has 1 saturated heterocycles. The summed E-state index contributed by atoms with van der Waals surface area (Å²) in [6.07, 6.45) is 4.03. The van der Waals surface area contributed by atoms with E-state index in [0.29, 0.717) is 44.6 Å². The van der Waals surface area contributed by atoms with Crippen LogP contribution in [0.4, 0.5) is 0 Å². The third-order valence-electron chi connectivity index (χ3n) is 5.65. The fourth-order valence-corrected chi connectivity index (χ4v) is 3.88. The minimum absolute atomic E-state index is 0.106. The van der Waals surface area contributed by atoms with Gasteiger partial charge in [0.05, 0.1) is 0 Å². The van der Waals surface area contributed by atoms with Gasteiger partial charge in [-0.3, -0.25) is 9.48 Å². The van der Waals surface area contributed by atoms with E-state index in [-0.39, 0.29) is 12.5 Å². The van der Waals surface area contributed by atoms with E-state index in [2.05, 4.69) is 5.10 Å². The first-order valence-corrected chi connectivity index (χ1v) is 10.5. The van der Waals surface area contributed by atoms with E-state index in [1.807, 2.05) is 48.6 Å². The number of benzene rings is 1. The Hall–Kier alpha value is -2.05. The Bertz CT molecular complexity index is 844. The second-order valence-corrected chi connectivity index (χ2v) is 8.44. The molecule has 6 nitrogen and oxygen atoms in total. The minimum Gasteiger partial charge on any atom is -0.491 e. The summed E-state index contributed by atoms with van der Waals surface area (Å²) >= 11 is 6.21. The van der Waals surface area contributed by atoms with E-state index in [1.54, 1.807) is 6.20 Å². The lowest BCUT2D eigenvalue weighted by atomic mass is 9.96. The van der Waals surface area contributed by atoms with Gasteiger partial charge in [0.25, 0.3) is 0 Å². The van der Waals surface area contributed by atoms with Gasteiger partial charge in [0.2, 0.25) is 5.91 Å². The molecule has 0 bridgehead atoms. The molecular weight excluding hydrogens is 390 g/mol. The van der Waals surface area contributed by atoms with Gasteiger partial charge >= 0.3 is 0 Å². The second-order valence-electron chi connectivity index (χ2n) is 8.06. The SMILES string of the molecule is Cc1cc(OCC2(O)CCCN(C(=O)CCn3nccc3C)CC2)cc(C)c1Cl. The molecule has 0 radical (unpaired) electrons. The largest absolute Gasteiger partial charge is 0.491 e. The lowest BCUT2D eigenvalue weighted by Crippen LogP contribution is -2.38. The third-order valence-corrected chi connectivity index (χ3v) is 6.25. The molecule has 1 aromatic heterocycles. The maximum atomic E-state index is 12.6. The van der Waals surface area contributed by atoms with E-state index in [1.165, 1.54) is 0 Å². The lowest BCUT2D eigenvalue weighted by Gasteiger charge is -2.27. The van der Waals surface area contributed by atoms with Crippen LogP contribution >= 0.6 is 11.6 Å². The van der Waals surface area contributed by atoms with Gasteiger partial charge in [-0.2, -0.15) is 5.10 Å². The van der Waals surface area contributed by atoms with Crippen LogP contribution in [0.2, 0.25) is 5.02 Å². The highest BCUT2D eigenvalue weighted by molar-refractivity contribution is 6.32. The van der Waals surface area contributed by atoms with Gasteiger partial charge in [-0.1, -0.05) is 11.6 Å². The molecule has 0 saturated carbocycles. The van der Waals surface area contributed by atoms with Crippen LogP contribution in [0.5, 0.6) is 5.75 Å². The average Bonchev–Trinajstić information content (AvgIpc) is 2.99. The highest BCUT2D eigenvalue weighted by atomic mass is 35.5. The number of aryl methyl sites for hydroxylation is 4. The maximum Gasteiger partial charge on any atom is 0.224 e. The normalized spacial score (nSPS) is 19.8. The molecule has 1 aliphatic heterocycles. The number of carbonyl (C=O) groups excluding carboxylic acids is 1. The number of carbonyl (C=O) groups is 1. The highest BCUT2D eigenvalue weighted by Crippen LogP contribution is 2.28. The highest BCUT2D eigenvalue weighted by Gasteiger charge is 2.32. The Kier molecular flexibility index (Phi) is 6.85. The summed E-state index contributed by atoms with van der Waals surface area (Å²) in [5.74, 6) is 0.818. The van der Waals surface area contributed by atoms with Crippen molar-refractivity contribution in [3.05, 3.63) is 46.2 Å². The third kappa shape index (κ3) is 5.52. The van der Waals surface area contributed by atoms with Crippen molar-refractivity contribution in [1.29, 1.82) is 0 Å². The molecule has 1 unspecified atom stereocenters. The number of hydrogen-bond donors (Lipinski definition) is 1. The van der Waals surface area contributed by atoms with Crippen molar-refractivity contribution in [2.45, 2.75) is 58.6 Å². The summed E-state index contributed by atoms with van der Waals surface area (Å²) in [4.78, 5) is 14.5. The van der Waals surface area contributed by atoms with E-state index >= 15 is 0 Å². The van der Waals surface area contributed by atoms with Gasteiger partial charge in [0.1, 0.15) is 18.0 Å². The van der Waals surface area contributed by atoms with Crippen LogP contribution in [0.1, 0.15) is 42.5 Å². The number of nitrogens with zero attached hydrogens (tertiary/aromatic N) is 3. The molecule has 1 atom stereocenters. The summed E-state index contributed by atoms with van der Waals surface area (Å²) in [7, 11) is 0. The van der Waals surface area contributed by atoms with Crippen LogP contribution in [0.25, 0.3) is 0 Å². The number of rotatable bonds is 6. The van der Waals surface area contributed by atoms with E-state index in [4.69, 9.17) is 16.3 Å². The summed E-state index contributed by atoms with van der Waals surface area (Å²) < 4.78 is 7.75. The van der Waals surface area contributed by atoms with Crippen molar-refractivity contribution in [2.24, 2.45) is 0 Å². The molecule has 1 fully saturated rings. The molecule has 1 aromatic carbocycles. The molecular formula is C22H30ClN3O3. The number of halogens is 1. The van der Waals surface area contributed by atoms with Gasteiger partial charge in [-0.15, -0.1) is 0 Å². The van der Waals surface area contributed by atoms with Crippen LogP contribution in [0, 0.1) is 20.8 Å². The van der Waals surface area contributed by atoms with Crippen molar-refractivity contribution >= 4 is 17.5 Å². The first kappa shape index (κ1) is 21.7. The molecule has 2 aromatic rings. The first-order chi connectivity index (χ1) is 13.8. The molecule has 29 heavy (non-hydrogen) atoms. The fraction of sp³-hybridized carbons (Fsp3) is 0.545. The van der Waals surface area contributed by atoms with Gasteiger partial charge in [0.15, 0.2) is 0 Å². The smallest absolute Gasteiger partial charge is 0.224 e. The molecule has 7 heteroatoms. The van der Waals surface area contributed by atoms with Crippen molar-refractivity contribution in [3.63, 3.8) is 0 Å². The van der Waals surface area contributed by atoms with Gasteiger partial charge in [0, 0.05) is 43.0 Å².